The molecular formula is C20H25N7O. The number of fused-ring (bicyclic) bond motifs is 1. The van der Waals surface area contributed by atoms with Crippen molar-refractivity contribution < 1.29 is 4.79 Å². The van der Waals surface area contributed by atoms with E-state index >= 15 is 0 Å². The lowest BCUT2D eigenvalue weighted by Gasteiger charge is -2.21. The van der Waals surface area contributed by atoms with E-state index in [4.69, 9.17) is 0 Å². The van der Waals surface area contributed by atoms with Crippen molar-refractivity contribution in [3.8, 4) is 0 Å². The summed E-state index contributed by atoms with van der Waals surface area (Å²) in [5, 5.41) is 11.4. The molecule has 0 aliphatic carbocycles. The van der Waals surface area contributed by atoms with E-state index in [9.17, 15) is 4.79 Å². The molecule has 1 N–H and O–H groups in total. The highest BCUT2D eigenvalue weighted by molar-refractivity contribution is 5.94. The Balaban J connectivity index is 1.38. The van der Waals surface area contributed by atoms with Gasteiger partial charge in [0.25, 0.3) is 5.91 Å². The molecule has 0 saturated carbocycles. The number of nitrogens with one attached hydrogen (secondary N) is 1. The fourth-order valence-electron chi connectivity index (χ4n) is 3.55. The number of carbonyl (C=O) groups excluding carboxylic acids is 1. The van der Waals surface area contributed by atoms with Crippen molar-refractivity contribution in [2.75, 3.05) is 37.4 Å². The quantitative estimate of drug-likeness (QED) is 0.749. The number of aromatic nitrogens is 4. The molecule has 1 fully saturated rings. The zero-order valence-corrected chi connectivity index (χ0v) is 16.2. The van der Waals surface area contributed by atoms with Crippen molar-refractivity contribution in [2.24, 2.45) is 0 Å². The predicted molar refractivity (Wildman–Crippen MR) is 109 cm³/mol. The third-order valence-electron chi connectivity index (χ3n) is 5.13. The third-order valence-corrected chi connectivity index (χ3v) is 5.13. The van der Waals surface area contributed by atoms with Gasteiger partial charge in [-0.15, -0.1) is 10.2 Å². The summed E-state index contributed by atoms with van der Waals surface area (Å²) < 4.78 is 1.78. The highest BCUT2D eigenvalue weighted by atomic mass is 16.2. The normalized spacial score (nSPS) is 17.4. The van der Waals surface area contributed by atoms with E-state index in [0.717, 1.165) is 49.5 Å². The Labute approximate surface area is 164 Å². The highest BCUT2D eigenvalue weighted by Crippen LogP contribution is 2.19. The van der Waals surface area contributed by atoms with Gasteiger partial charge in [-0.3, -0.25) is 9.20 Å². The number of carbonyl (C=O) groups is 1. The number of nitrogens with zero attached hydrogens (tertiary/aromatic N) is 6. The van der Waals surface area contributed by atoms with Gasteiger partial charge >= 0.3 is 0 Å². The third kappa shape index (κ3) is 3.90. The number of hydrogen-bond donors (Lipinski definition) is 1. The molecule has 0 unspecified atom stereocenters. The number of rotatable bonds is 4. The van der Waals surface area contributed by atoms with Gasteiger partial charge in [-0.05, 0) is 43.5 Å². The summed E-state index contributed by atoms with van der Waals surface area (Å²) in [6, 6.07) is 8.06. The van der Waals surface area contributed by atoms with Crippen LogP contribution >= 0.6 is 0 Å². The minimum Gasteiger partial charge on any atom is -0.381 e. The molecule has 1 atom stereocenters. The summed E-state index contributed by atoms with van der Waals surface area (Å²) in [4.78, 5) is 21.3. The number of pyridine rings is 2. The van der Waals surface area contributed by atoms with Gasteiger partial charge in [0.15, 0.2) is 5.65 Å². The Bertz CT molecular complexity index is 951. The zero-order valence-electron chi connectivity index (χ0n) is 16.2. The van der Waals surface area contributed by atoms with Gasteiger partial charge in [-0.25, -0.2) is 4.98 Å². The van der Waals surface area contributed by atoms with E-state index in [1.54, 1.807) is 16.9 Å². The molecule has 1 saturated heterocycles. The van der Waals surface area contributed by atoms with Crippen LogP contribution in [-0.2, 0) is 0 Å². The largest absolute Gasteiger partial charge is 0.381 e. The average molecular weight is 379 g/mol. The molecule has 3 aromatic heterocycles. The fraction of sp³-hybridized carbons (Fsp3) is 0.400. The monoisotopic (exact) mass is 379 g/mol. The number of amides is 1. The molecule has 146 valence electrons. The van der Waals surface area contributed by atoms with Crippen molar-refractivity contribution in [2.45, 2.75) is 25.3 Å². The number of hydrogen-bond acceptors (Lipinski definition) is 6. The second-order valence-electron chi connectivity index (χ2n) is 7.38. The first-order valence-electron chi connectivity index (χ1n) is 9.59. The molecule has 8 heteroatoms. The second kappa shape index (κ2) is 7.84. The maximum Gasteiger partial charge on any atom is 0.255 e. The molecule has 0 bridgehead atoms. The number of anilines is 2. The topological polar surface area (TPSA) is 78.7 Å². The summed E-state index contributed by atoms with van der Waals surface area (Å²) in [5.41, 5.74) is 2.43. The molecule has 0 spiro atoms. The minimum absolute atomic E-state index is 0.0632. The lowest BCUT2D eigenvalue weighted by atomic mass is 10.1. The van der Waals surface area contributed by atoms with Gasteiger partial charge in [-0.2, -0.15) is 0 Å². The van der Waals surface area contributed by atoms with Crippen LogP contribution in [0.25, 0.3) is 5.65 Å². The molecular weight excluding hydrogens is 354 g/mol. The van der Waals surface area contributed by atoms with Gasteiger partial charge in [0.2, 0.25) is 0 Å². The first-order chi connectivity index (χ1) is 13.6. The van der Waals surface area contributed by atoms with Crippen LogP contribution in [0.3, 0.4) is 0 Å². The van der Waals surface area contributed by atoms with Gasteiger partial charge < -0.3 is 15.1 Å². The van der Waals surface area contributed by atoms with Gasteiger partial charge in [0.05, 0.1) is 17.4 Å². The van der Waals surface area contributed by atoms with Gasteiger partial charge in [0, 0.05) is 39.4 Å². The highest BCUT2D eigenvalue weighted by Gasteiger charge is 2.22. The molecule has 28 heavy (non-hydrogen) atoms. The van der Waals surface area contributed by atoms with Crippen LogP contribution in [0.1, 0.15) is 29.6 Å². The average Bonchev–Trinajstić information content (AvgIpc) is 3.06. The molecule has 8 nitrogen and oxygen atoms in total. The summed E-state index contributed by atoms with van der Waals surface area (Å²) in [5.74, 6) is 1.00. The van der Waals surface area contributed by atoms with Crippen molar-refractivity contribution in [1.82, 2.24) is 24.5 Å². The molecule has 4 heterocycles. The summed E-state index contributed by atoms with van der Waals surface area (Å²) in [6.07, 6.45) is 8.21. The van der Waals surface area contributed by atoms with Crippen LogP contribution in [-0.4, -0.2) is 63.6 Å². The second-order valence-corrected chi connectivity index (χ2v) is 7.38. The van der Waals surface area contributed by atoms with E-state index in [-0.39, 0.29) is 5.91 Å². The van der Waals surface area contributed by atoms with Crippen molar-refractivity contribution in [3.05, 3.63) is 48.5 Å². The van der Waals surface area contributed by atoms with E-state index < -0.39 is 0 Å². The van der Waals surface area contributed by atoms with Crippen LogP contribution in [0.5, 0.6) is 0 Å². The van der Waals surface area contributed by atoms with E-state index in [1.165, 1.54) is 0 Å². The van der Waals surface area contributed by atoms with Crippen LogP contribution in [0.15, 0.2) is 43.0 Å². The SMILES string of the molecule is CN(C)c1ccc(N[C@@H]2CCCN(C(=O)c3ccc4nncn4c3)CC2)cn1. The smallest absolute Gasteiger partial charge is 0.255 e. The van der Waals surface area contributed by atoms with E-state index in [1.807, 2.05) is 48.3 Å². The van der Waals surface area contributed by atoms with Gasteiger partial charge in [-0.1, -0.05) is 0 Å². The summed E-state index contributed by atoms with van der Waals surface area (Å²) >= 11 is 0. The molecule has 0 aromatic carbocycles. The first-order valence-corrected chi connectivity index (χ1v) is 9.59. The van der Waals surface area contributed by atoms with Crippen molar-refractivity contribution >= 4 is 23.1 Å². The summed E-state index contributed by atoms with van der Waals surface area (Å²) in [7, 11) is 3.96. The molecule has 0 radical (unpaired) electrons. The zero-order chi connectivity index (χ0) is 19.5. The summed E-state index contributed by atoms with van der Waals surface area (Å²) in [6.45, 7) is 1.51. The lowest BCUT2D eigenvalue weighted by molar-refractivity contribution is 0.0761. The van der Waals surface area contributed by atoms with E-state index in [2.05, 4.69) is 26.6 Å². The van der Waals surface area contributed by atoms with Crippen LogP contribution in [0, 0.1) is 0 Å². The number of likely N-dealkylation sites (tertiary alicyclic amines) is 1. The Morgan fingerprint density at radius 3 is 2.86 bits per heavy atom. The van der Waals surface area contributed by atoms with E-state index in [0.29, 0.717) is 11.6 Å². The fourth-order valence-corrected chi connectivity index (χ4v) is 3.55. The predicted octanol–water partition coefficient (Wildman–Crippen LogP) is 2.30. The molecule has 1 aliphatic rings. The molecule has 1 amide bonds. The molecule has 4 rings (SSSR count). The Morgan fingerprint density at radius 2 is 2.07 bits per heavy atom. The maximum absolute atomic E-state index is 12.9. The molecule has 1 aliphatic heterocycles. The van der Waals surface area contributed by atoms with Crippen LogP contribution < -0.4 is 10.2 Å². The van der Waals surface area contributed by atoms with Gasteiger partial charge in [0.1, 0.15) is 12.1 Å². The van der Waals surface area contributed by atoms with Crippen molar-refractivity contribution in [3.63, 3.8) is 0 Å². The van der Waals surface area contributed by atoms with Crippen LogP contribution in [0.4, 0.5) is 11.5 Å². The van der Waals surface area contributed by atoms with Crippen LogP contribution in [0.2, 0.25) is 0 Å². The minimum atomic E-state index is 0.0632. The first kappa shape index (κ1) is 18.2. The Morgan fingerprint density at radius 1 is 1.18 bits per heavy atom. The van der Waals surface area contributed by atoms with Crippen molar-refractivity contribution in [1.29, 1.82) is 0 Å². The lowest BCUT2D eigenvalue weighted by Crippen LogP contribution is -2.32. The maximum atomic E-state index is 12.9. The standard InChI is InChI=1S/C20H25N7O/c1-25(2)18-8-6-17(12-21-18)23-16-4-3-10-26(11-9-16)20(28)15-5-7-19-24-22-14-27(19)13-15/h5-8,12-14,16,23H,3-4,9-11H2,1-2H3/t16-/m1/s1. The Hall–Kier alpha value is -3.16. The molecule has 3 aromatic rings. The Kier molecular flexibility index (Phi) is 5.10.